The van der Waals surface area contributed by atoms with Crippen molar-refractivity contribution in [1.82, 2.24) is 0 Å². The highest BCUT2D eigenvalue weighted by Crippen LogP contribution is 2.44. The Morgan fingerprint density at radius 1 is 1.36 bits per heavy atom. The van der Waals surface area contributed by atoms with Crippen molar-refractivity contribution in [2.75, 3.05) is 0 Å². The third kappa shape index (κ3) is 5.14. The van der Waals surface area contributed by atoms with Gasteiger partial charge in [-0.1, -0.05) is 42.5 Å². The Labute approximate surface area is 154 Å². The molecule has 1 aromatic rings. The normalized spacial score (nSPS) is 29.6. The SMILES string of the molecule is O=C1C[C@@H]2[C@@H](/C=C/C(O)CCc3ccccc3)[C@H](OB(P)P)C[C@@H]2O1. The Kier molecular flexibility index (Phi) is 6.69. The fraction of sp³-hybridized carbons (Fsp3) is 0.500. The van der Waals surface area contributed by atoms with Crippen molar-refractivity contribution < 1.29 is 19.3 Å². The van der Waals surface area contributed by atoms with Gasteiger partial charge in [0.15, 0.2) is 0 Å². The molecule has 7 heteroatoms. The van der Waals surface area contributed by atoms with Crippen LogP contribution in [0.3, 0.4) is 0 Å². The summed E-state index contributed by atoms with van der Waals surface area (Å²) in [6.45, 7) is 0. The first-order chi connectivity index (χ1) is 12.0. The predicted octanol–water partition coefficient (Wildman–Crippen LogP) is 2.61. The van der Waals surface area contributed by atoms with Crippen molar-refractivity contribution >= 4 is 30.6 Å². The number of hydrogen-bond donors (Lipinski definition) is 1. The topological polar surface area (TPSA) is 55.8 Å². The summed E-state index contributed by atoms with van der Waals surface area (Å²) >= 11 is 0. The average molecular weight is 378 g/mol. The number of hydrogen-bond acceptors (Lipinski definition) is 4. The third-order valence-corrected chi connectivity index (χ3v) is 5.32. The Balaban J connectivity index is 1.59. The van der Waals surface area contributed by atoms with Gasteiger partial charge in [0.1, 0.15) is 6.10 Å². The third-order valence-electron chi connectivity index (χ3n) is 5.01. The molecule has 0 aromatic heterocycles. The first-order valence-corrected chi connectivity index (χ1v) is 10.1. The van der Waals surface area contributed by atoms with Crippen LogP contribution in [0.15, 0.2) is 42.5 Å². The number of aliphatic hydroxyl groups excluding tert-OH is 1. The summed E-state index contributed by atoms with van der Waals surface area (Å²) in [6, 6.07) is 10.2. The highest BCUT2D eigenvalue weighted by molar-refractivity contribution is 7.92. The summed E-state index contributed by atoms with van der Waals surface area (Å²) in [5.74, 6) is 0.139. The summed E-state index contributed by atoms with van der Waals surface area (Å²) in [5, 5.41) is 10.3. The van der Waals surface area contributed by atoms with E-state index in [1.807, 2.05) is 30.4 Å². The van der Waals surface area contributed by atoms with Gasteiger partial charge >= 0.3 is 12.3 Å². The molecule has 0 amide bonds. The smallest absolute Gasteiger partial charge is 0.336 e. The van der Waals surface area contributed by atoms with Gasteiger partial charge in [-0.2, -0.15) is 0 Å². The standard InChI is InChI=1S/C18H25BO4P2/c20-13(7-6-12-4-2-1-3-5-12)8-9-14-15-10-18(21)22-16(15)11-17(14)23-19(24)25/h1-5,8-9,13-17,20H,6-7,10-11,24-25H2/b9-8+/t13?,14-,15-,16+,17-/m1/s1. The average Bonchev–Trinajstić information content (AvgIpc) is 3.07. The fourth-order valence-corrected chi connectivity index (χ4v) is 4.23. The number of aliphatic hydroxyl groups is 1. The van der Waals surface area contributed by atoms with Gasteiger partial charge in [0.2, 0.25) is 0 Å². The van der Waals surface area contributed by atoms with Crippen LogP contribution in [0, 0.1) is 11.8 Å². The first kappa shape index (κ1) is 19.0. The molecule has 1 aliphatic carbocycles. The van der Waals surface area contributed by atoms with E-state index in [9.17, 15) is 9.90 Å². The van der Waals surface area contributed by atoms with E-state index in [2.05, 4.69) is 30.4 Å². The summed E-state index contributed by atoms with van der Waals surface area (Å²) in [4.78, 5) is 11.6. The molecule has 0 spiro atoms. The maximum Gasteiger partial charge on any atom is 0.336 e. The minimum absolute atomic E-state index is 0.0145. The molecule has 1 N–H and O–H groups in total. The van der Waals surface area contributed by atoms with Crippen molar-refractivity contribution in [2.45, 2.75) is 44.0 Å². The van der Waals surface area contributed by atoms with Crippen LogP contribution in [0.4, 0.5) is 0 Å². The van der Waals surface area contributed by atoms with Gasteiger partial charge in [-0.15, -0.1) is 18.2 Å². The molecule has 3 unspecified atom stereocenters. The number of ether oxygens (including phenoxy) is 1. The zero-order valence-electron chi connectivity index (χ0n) is 14.2. The minimum Gasteiger partial charge on any atom is -0.462 e. The number of benzene rings is 1. The zero-order valence-corrected chi connectivity index (χ0v) is 16.5. The number of carbonyl (C=O) groups is 1. The second kappa shape index (κ2) is 8.78. The highest BCUT2D eigenvalue weighted by Gasteiger charge is 2.49. The molecule has 2 aliphatic rings. The summed E-state index contributed by atoms with van der Waals surface area (Å²) < 4.78 is 11.4. The number of carbonyl (C=O) groups excluding carboxylic acids is 1. The van der Waals surface area contributed by atoms with Crippen molar-refractivity contribution in [3.05, 3.63) is 48.0 Å². The van der Waals surface area contributed by atoms with E-state index in [0.29, 0.717) is 12.8 Å². The fourth-order valence-electron chi connectivity index (χ4n) is 3.82. The van der Waals surface area contributed by atoms with Gasteiger partial charge in [0.25, 0.3) is 0 Å². The lowest BCUT2D eigenvalue weighted by Gasteiger charge is -2.22. The molecule has 1 saturated heterocycles. The van der Waals surface area contributed by atoms with Gasteiger partial charge < -0.3 is 14.5 Å². The van der Waals surface area contributed by atoms with Crippen LogP contribution < -0.4 is 0 Å². The van der Waals surface area contributed by atoms with Crippen molar-refractivity contribution in [1.29, 1.82) is 0 Å². The molecule has 7 atom stereocenters. The highest BCUT2D eigenvalue weighted by atomic mass is 31.1. The Hall–Kier alpha value is -0.725. The van der Waals surface area contributed by atoms with Crippen LogP contribution in [0.25, 0.3) is 0 Å². The molecule has 1 saturated carbocycles. The molecule has 4 nitrogen and oxygen atoms in total. The number of esters is 1. The molecular weight excluding hydrogens is 353 g/mol. The van der Waals surface area contributed by atoms with E-state index in [4.69, 9.17) is 9.39 Å². The van der Waals surface area contributed by atoms with E-state index < -0.39 is 6.10 Å². The largest absolute Gasteiger partial charge is 0.462 e. The van der Waals surface area contributed by atoms with E-state index in [1.165, 1.54) is 5.56 Å². The van der Waals surface area contributed by atoms with E-state index in [0.717, 1.165) is 12.8 Å². The van der Waals surface area contributed by atoms with Gasteiger partial charge in [-0.3, -0.25) is 4.79 Å². The minimum atomic E-state index is -0.499. The number of fused-ring (bicyclic) bond motifs is 1. The van der Waals surface area contributed by atoms with Gasteiger partial charge in [0.05, 0.1) is 18.6 Å². The summed E-state index contributed by atoms with van der Waals surface area (Å²) in [7, 11) is 5.22. The monoisotopic (exact) mass is 378 g/mol. The van der Waals surface area contributed by atoms with Gasteiger partial charge in [-0.05, 0) is 18.4 Å². The second-order valence-electron chi connectivity index (χ2n) is 6.83. The van der Waals surface area contributed by atoms with Crippen molar-refractivity contribution in [3.63, 3.8) is 0 Å². The summed E-state index contributed by atoms with van der Waals surface area (Å²) in [6.07, 6.45) is 6.01. The lowest BCUT2D eigenvalue weighted by molar-refractivity contribution is -0.141. The Morgan fingerprint density at radius 2 is 2.12 bits per heavy atom. The molecule has 1 aromatic carbocycles. The van der Waals surface area contributed by atoms with Crippen molar-refractivity contribution in [2.24, 2.45) is 11.8 Å². The molecule has 25 heavy (non-hydrogen) atoms. The lowest BCUT2D eigenvalue weighted by Crippen LogP contribution is -2.24. The van der Waals surface area contributed by atoms with E-state index in [-0.39, 0.29) is 36.4 Å². The molecule has 1 aliphatic heterocycles. The van der Waals surface area contributed by atoms with Crippen LogP contribution in [0.1, 0.15) is 24.8 Å². The molecule has 3 rings (SSSR count). The van der Waals surface area contributed by atoms with Crippen LogP contribution in [0.2, 0.25) is 0 Å². The van der Waals surface area contributed by atoms with E-state index in [1.54, 1.807) is 0 Å². The van der Waals surface area contributed by atoms with Crippen LogP contribution >= 0.6 is 18.2 Å². The molecule has 134 valence electrons. The summed E-state index contributed by atoms with van der Waals surface area (Å²) in [5.41, 5.74) is 1.22. The number of rotatable bonds is 7. The Bertz CT molecular complexity index is 610. The second-order valence-corrected chi connectivity index (χ2v) is 8.91. The van der Waals surface area contributed by atoms with Crippen LogP contribution in [-0.2, 0) is 20.6 Å². The van der Waals surface area contributed by atoms with E-state index >= 15 is 0 Å². The predicted molar refractivity (Wildman–Crippen MR) is 106 cm³/mol. The first-order valence-electron chi connectivity index (χ1n) is 8.79. The molecule has 2 fully saturated rings. The lowest BCUT2D eigenvalue weighted by atomic mass is 9.91. The molecule has 1 heterocycles. The quantitative estimate of drug-likeness (QED) is 0.343. The zero-order chi connectivity index (χ0) is 17.8. The molecule has 0 bridgehead atoms. The van der Waals surface area contributed by atoms with Crippen molar-refractivity contribution in [3.8, 4) is 0 Å². The van der Waals surface area contributed by atoms with Gasteiger partial charge in [-0.25, -0.2) is 0 Å². The van der Waals surface area contributed by atoms with Crippen LogP contribution in [0.5, 0.6) is 0 Å². The maximum atomic E-state index is 11.6. The van der Waals surface area contributed by atoms with Crippen LogP contribution in [-0.4, -0.2) is 35.7 Å². The van der Waals surface area contributed by atoms with Gasteiger partial charge in [0, 0.05) is 18.3 Å². The maximum absolute atomic E-state index is 11.6. The molecular formula is C18H25BO4P2. The molecule has 0 radical (unpaired) electrons. The number of aryl methyl sites for hydroxylation is 1. The Morgan fingerprint density at radius 3 is 2.84 bits per heavy atom.